The van der Waals surface area contributed by atoms with Crippen molar-refractivity contribution in [2.45, 2.75) is 0 Å². The maximum atomic E-state index is 6.84. The minimum atomic E-state index is 0.557. The lowest BCUT2D eigenvalue weighted by Crippen LogP contribution is -1.99. The van der Waals surface area contributed by atoms with E-state index in [0.717, 1.165) is 110 Å². The Labute approximate surface area is 693 Å². The van der Waals surface area contributed by atoms with E-state index in [2.05, 4.69) is 416 Å². The predicted octanol–water partition coefficient (Wildman–Crippen LogP) is 30.5. The molecule has 0 radical (unpaired) electrons. The van der Waals surface area contributed by atoms with E-state index in [1.807, 2.05) is 6.07 Å². The molecule has 0 aliphatic carbocycles. The standard InChI is InChI=1S/C58H35N3O.C54H33N3S/c1-4-16-36(17-5-1)47-34-50-53(35-48(47)37-18-6-2-7-19-37)62-58-54(50)55(39-21-8-3-9-22-39)59-57(60-58)46-30-31-51(44-27-15-14-26-43(44)46)61-52-33-41-24-11-10-23-40(41)32-49(52)45-29-28-38-20-12-13-25-42(38)56(45)61;1-4-14-34(15-5-1)44-32-47-49(33-45(44)35-16-6-2-7-17-35)58-54-50(47)51(37-19-8-3-9-20-37)55-53(56-54)38-24-27-41(28-25-38)57-48-31-40-22-11-10-21-39(40)30-46(48)43-29-26-36-18-12-13-23-42(36)52(43)57/h1-35H;1-33H. The molecule has 0 aliphatic heterocycles. The van der Waals surface area contributed by atoms with E-state index in [9.17, 15) is 0 Å². The number of thiophene rings is 1. The Balaban J connectivity index is 0.000000137. The molecule has 0 bridgehead atoms. The Morgan fingerprint density at radius 1 is 0.233 bits per heavy atom. The highest BCUT2D eigenvalue weighted by Gasteiger charge is 2.27. The zero-order valence-corrected chi connectivity index (χ0v) is 65.6. The van der Waals surface area contributed by atoms with Crippen LogP contribution in [-0.2, 0) is 0 Å². The fraction of sp³-hybridized carbons (Fsp3) is 0. The highest BCUT2D eigenvalue weighted by molar-refractivity contribution is 7.25. The van der Waals surface area contributed by atoms with Crippen LogP contribution in [0.4, 0.5) is 0 Å². The molecule has 0 amide bonds. The molecule has 0 atom stereocenters. The molecule has 0 unspecified atom stereocenters. The van der Waals surface area contributed by atoms with Crippen LogP contribution in [0.3, 0.4) is 0 Å². The van der Waals surface area contributed by atoms with Crippen molar-refractivity contribution in [3.8, 4) is 101 Å². The molecule has 6 aromatic heterocycles. The number of benzene rings is 19. The van der Waals surface area contributed by atoms with Gasteiger partial charge in [0.2, 0.25) is 5.71 Å². The quantitative estimate of drug-likeness (QED) is 0.136. The van der Waals surface area contributed by atoms with Crippen LogP contribution >= 0.6 is 11.3 Å². The van der Waals surface area contributed by atoms with E-state index >= 15 is 0 Å². The molecule has 8 heteroatoms. The summed E-state index contributed by atoms with van der Waals surface area (Å²) >= 11 is 1.74. The SMILES string of the molecule is c1ccc(-c2cc3oc4nc(-c5ccc(-n6c7cc8ccccc8cc7c7ccc8ccccc8c76)c6ccccc56)nc(-c5ccccc5)c4c3cc2-c2ccccc2)cc1.c1ccc(-c2cc3sc4nc(-c5ccc(-n6c7cc8ccccc8cc7c7ccc8ccccc8c76)cc5)nc(-c5ccccc5)c4c3cc2-c2ccccc2)cc1. The van der Waals surface area contributed by atoms with Crippen molar-refractivity contribution < 1.29 is 4.42 Å². The minimum absolute atomic E-state index is 0.557. The first kappa shape index (κ1) is 68.6. The van der Waals surface area contributed by atoms with Gasteiger partial charge in [-0.15, -0.1) is 11.3 Å². The van der Waals surface area contributed by atoms with Gasteiger partial charge in [-0.25, -0.2) is 15.0 Å². The van der Waals surface area contributed by atoms with Gasteiger partial charge in [-0.2, -0.15) is 4.98 Å². The molecule has 25 aromatic rings. The van der Waals surface area contributed by atoms with Crippen LogP contribution in [-0.4, -0.2) is 29.1 Å². The van der Waals surface area contributed by atoms with Crippen LogP contribution in [0, 0.1) is 0 Å². The third-order valence-electron chi connectivity index (χ3n) is 24.2. The van der Waals surface area contributed by atoms with Gasteiger partial charge in [-0.1, -0.05) is 328 Å². The smallest absolute Gasteiger partial charge is 0.231 e. The van der Waals surface area contributed by atoms with Crippen LogP contribution in [0.1, 0.15) is 0 Å². The van der Waals surface area contributed by atoms with Crippen LogP contribution < -0.4 is 0 Å². The third kappa shape index (κ3) is 11.3. The monoisotopic (exact) mass is 1540 g/mol. The second-order valence-electron chi connectivity index (χ2n) is 31.0. The van der Waals surface area contributed by atoms with Crippen LogP contribution in [0.15, 0.2) is 417 Å². The molecule has 0 fully saturated rings. The predicted molar refractivity (Wildman–Crippen MR) is 504 cm³/mol. The summed E-state index contributed by atoms with van der Waals surface area (Å²) in [6.07, 6.45) is 0. The number of fused-ring (bicyclic) bond motifs is 19. The molecule has 0 saturated heterocycles. The Hall–Kier alpha value is -15.7. The van der Waals surface area contributed by atoms with Gasteiger partial charge in [0.1, 0.15) is 10.4 Å². The van der Waals surface area contributed by atoms with E-state index in [0.29, 0.717) is 11.5 Å². The van der Waals surface area contributed by atoms with Gasteiger partial charge in [0.25, 0.3) is 0 Å². The fourth-order valence-electron chi connectivity index (χ4n) is 18.6. The first-order valence-corrected chi connectivity index (χ1v) is 41.5. The molecular weight excluding hydrogens is 1480 g/mol. The van der Waals surface area contributed by atoms with Gasteiger partial charge in [0.05, 0.1) is 44.5 Å². The Kier molecular flexibility index (Phi) is 16.0. The molecule has 0 aliphatic rings. The van der Waals surface area contributed by atoms with Crippen LogP contribution in [0.25, 0.3) is 241 Å². The number of rotatable bonds is 10. The van der Waals surface area contributed by atoms with E-state index in [1.54, 1.807) is 11.3 Å². The van der Waals surface area contributed by atoms with Crippen molar-refractivity contribution in [1.29, 1.82) is 0 Å². The number of hydrogen-bond donors (Lipinski definition) is 0. The maximum absolute atomic E-state index is 6.84. The molecule has 25 rings (SSSR count). The maximum Gasteiger partial charge on any atom is 0.231 e. The number of nitrogens with zero attached hydrogens (tertiary/aromatic N) is 6. The van der Waals surface area contributed by atoms with E-state index in [-0.39, 0.29) is 0 Å². The second kappa shape index (κ2) is 28.0. The highest BCUT2D eigenvalue weighted by atomic mass is 32.1. The summed E-state index contributed by atoms with van der Waals surface area (Å²) in [4.78, 5) is 22.5. The normalized spacial score (nSPS) is 11.8. The van der Waals surface area contributed by atoms with E-state index in [4.69, 9.17) is 24.4 Å². The van der Waals surface area contributed by atoms with Gasteiger partial charge in [0.15, 0.2) is 11.6 Å². The first-order valence-electron chi connectivity index (χ1n) is 40.7. The Morgan fingerprint density at radius 3 is 1.18 bits per heavy atom. The third-order valence-corrected chi connectivity index (χ3v) is 25.2. The van der Waals surface area contributed by atoms with Crippen LogP contribution in [0.5, 0.6) is 0 Å². The summed E-state index contributed by atoms with van der Waals surface area (Å²) in [7, 11) is 0. The Morgan fingerprint density at radius 2 is 0.650 bits per heavy atom. The zero-order chi connectivity index (χ0) is 78.9. The zero-order valence-electron chi connectivity index (χ0n) is 64.8. The number of furan rings is 1. The van der Waals surface area contributed by atoms with Gasteiger partial charge in [-0.05, 0) is 167 Å². The number of hydrogen-bond acceptors (Lipinski definition) is 6. The number of aromatic nitrogens is 6. The average Bonchev–Trinajstić information content (AvgIpc) is 1.54. The summed E-state index contributed by atoms with van der Waals surface area (Å²) in [5.74, 6) is 1.33. The summed E-state index contributed by atoms with van der Waals surface area (Å²) in [6, 6.07) is 148. The largest absolute Gasteiger partial charge is 0.438 e. The van der Waals surface area contributed by atoms with Crippen molar-refractivity contribution in [1.82, 2.24) is 29.1 Å². The van der Waals surface area contributed by atoms with Crippen LogP contribution in [0.2, 0.25) is 0 Å². The Bertz CT molecular complexity index is 8430. The molecule has 0 saturated carbocycles. The molecule has 558 valence electrons. The van der Waals surface area contributed by atoms with Gasteiger partial charge < -0.3 is 13.6 Å². The fourth-order valence-corrected chi connectivity index (χ4v) is 19.7. The molecular formula is C112H68N6OS. The lowest BCUT2D eigenvalue weighted by Gasteiger charge is -2.16. The van der Waals surface area contributed by atoms with Crippen molar-refractivity contribution in [3.05, 3.63) is 413 Å². The molecule has 0 N–H and O–H groups in total. The summed E-state index contributed by atoms with van der Waals surface area (Å²) in [5, 5.41) is 21.1. The summed E-state index contributed by atoms with van der Waals surface area (Å²) in [6.45, 7) is 0. The van der Waals surface area contributed by atoms with Crippen molar-refractivity contribution in [3.63, 3.8) is 0 Å². The second-order valence-corrected chi connectivity index (χ2v) is 32.1. The van der Waals surface area contributed by atoms with Gasteiger partial charge >= 0.3 is 0 Å². The van der Waals surface area contributed by atoms with Crippen molar-refractivity contribution in [2.24, 2.45) is 0 Å². The van der Waals surface area contributed by atoms with Gasteiger partial charge in [0, 0.05) is 86.5 Å². The highest BCUT2D eigenvalue weighted by Crippen LogP contribution is 2.49. The summed E-state index contributed by atoms with van der Waals surface area (Å²) < 4.78 is 12.9. The molecule has 120 heavy (non-hydrogen) atoms. The average molecular weight is 1550 g/mol. The molecule has 6 heterocycles. The van der Waals surface area contributed by atoms with Crippen molar-refractivity contribution in [2.75, 3.05) is 0 Å². The lowest BCUT2D eigenvalue weighted by atomic mass is 9.92. The first-order chi connectivity index (χ1) is 59.5. The lowest BCUT2D eigenvalue weighted by molar-refractivity contribution is 0.654. The molecule has 0 spiro atoms. The topological polar surface area (TPSA) is 74.6 Å². The van der Waals surface area contributed by atoms with E-state index in [1.165, 1.54) is 119 Å². The van der Waals surface area contributed by atoms with E-state index < -0.39 is 0 Å². The van der Waals surface area contributed by atoms with Crippen molar-refractivity contribution >= 4 is 151 Å². The molecule has 19 aromatic carbocycles. The van der Waals surface area contributed by atoms with Gasteiger partial charge in [-0.3, -0.25) is 0 Å². The summed E-state index contributed by atoms with van der Waals surface area (Å²) in [5.41, 5.74) is 23.4. The molecule has 7 nitrogen and oxygen atoms in total. The minimum Gasteiger partial charge on any atom is -0.438 e.